The Labute approximate surface area is 196 Å². The second kappa shape index (κ2) is 10.8. The molecule has 32 heavy (non-hydrogen) atoms. The first kappa shape index (κ1) is 23.3. The fourth-order valence-electron chi connectivity index (χ4n) is 2.90. The van der Waals surface area contributed by atoms with Crippen LogP contribution in [-0.2, 0) is 11.2 Å². The summed E-state index contributed by atoms with van der Waals surface area (Å²) in [6, 6.07) is 19.1. The van der Waals surface area contributed by atoms with Gasteiger partial charge in [-0.05, 0) is 60.5 Å². The van der Waals surface area contributed by atoms with Crippen LogP contribution < -0.4 is 15.5 Å². The van der Waals surface area contributed by atoms with Crippen LogP contribution in [0.2, 0.25) is 10.0 Å². The molecule has 164 valence electrons. The Morgan fingerprint density at radius 1 is 0.938 bits per heavy atom. The summed E-state index contributed by atoms with van der Waals surface area (Å²) in [4.78, 5) is 24.7. The molecule has 0 radical (unpaired) electrons. The molecule has 2 N–H and O–H groups in total. The largest absolute Gasteiger partial charge is 0.496 e. The SMILES string of the molecule is COc1ccc(Cl)cc1C(=O)N/N=C(/C)c1ccc(NC(=O)Cc2ccc(Cl)cc2)cc1. The molecule has 0 fully saturated rings. The lowest BCUT2D eigenvalue weighted by atomic mass is 10.1. The highest BCUT2D eigenvalue weighted by atomic mass is 35.5. The second-order valence-electron chi connectivity index (χ2n) is 6.91. The van der Waals surface area contributed by atoms with Gasteiger partial charge in [-0.1, -0.05) is 47.5 Å². The normalized spacial score (nSPS) is 11.1. The number of ether oxygens (including phenoxy) is 1. The van der Waals surface area contributed by atoms with Gasteiger partial charge in [-0.15, -0.1) is 0 Å². The van der Waals surface area contributed by atoms with Crippen LogP contribution in [0.15, 0.2) is 71.8 Å². The van der Waals surface area contributed by atoms with Crippen molar-refractivity contribution in [2.75, 3.05) is 12.4 Å². The second-order valence-corrected chi connectivity index (χ2v) is 7.78. The van der Waals surface area contributed by atoms with Crippen LogP contribution in [0.3, 0.4) is 0 Å². The standard InChI is InChI=1S/C24H21Cl2N3O3/c1-15(28-29-24(31)21-14-19(26)9-12-22(21)32-2)17-5-10-20(11-6-17)27-23(30)13-16-3-7-18(25)8-4-16/h3-12,14H,13H2,1-2H3,(H,27,30)(H,29,31)/b28-15-. The Bertz CT molecular complexity index is 1140. The Morgan fingerprint density at radius 2 is 1.59 bits per heavy atom. The van der Waals surface area contributed by atoms with E-state index >= 15 is 0 Å². The maximum Gasteiger partial charge on any atom is 0.275 e. The molecule has 2 amide bonds. The average Bonchev–Trinajstić information content (AvgIpc) is 2.79. The van der Waals surface area contributed by atoms with Gasteiger partial charge in [0.15, 0.2) is 0 Å². The number of carbonyl (C=O) groups excluding carboxylic acids is 2. The maximum absolute atomic E-state index is 12.4. The minimum Gasteiger partial charge on any atom is -0.496 e. The lowest BCUT2D eigenvalue weighted by molar-refractivity contribution is -0.115. The molecule has 0 aliphatic heterocycles. The van der Waals surface area contributed by atoms with Crippen molar-refractivity contribution in [3.05, 3.63) is 93.5 Å². The highest BCUT2D eigenvalue weighted by Crippen LogP contribution is 2.22. The number of halogens is 2. The van der Waals surface area contributed by atoms with Crippen LogP contribution >= 0.6 is 23.2 Å². The molecule has 0 aliphatic carbocycles. The van der Waals surface area contributed by atoms with Crippen LogP contribution in [-0.4, -0.2) is 24.6 Å². The third kappa shape index (κ3) is 6.33. The Morgan fingerprint density at radius 3 is 2.25 bits per heavy atom. The van der Waals surface area contributed by atoms with E-state index in [1.54, 1.807) is 43.3 Å². The lowest BCUT2D eigenvalue weighted by Crippen LogP contribution is -2.20. The molecule has 0 atom stereocenters. The minimum absolute atomic E-state index is 0.131. The van der Waals surface area contributed by atoms with Crippen LogP contribution in [0, 0.1) is 0 Å². The molecular weight excluding hydrogens is 449 g/mol. The van der Waals surface area contributed by atoms with Crippen molar-refractivity contribution in [1.82, 2.24) is 5.43 Å². The van der Waals surface area contributed by atoms with Gasteiger partial charge in [0, 0.05) is 15.7 Å². The third-order valence-electron chi connectivity index (χ3n) is 4.60. The highest BCUT2D eigenvalue weighted by molar-refractivity contribution is 6.31. The quantitative estimate of drug-likeness (QED) is 0.362. The molecule has 3 rings (SSSR count). The molecular formula is C24H21Cl2N3O3. The first-order chi connectivity index (χ1) is 15.4. The predicted molar refractivity (Wildman–Crippen MR) is 128 cm³/mol. The first-order valence-corrected chi connectivity index (χ1v) is 10.4. The van der Waals surface area contributed by atoms with E-state index in [1.165, 1.54) is 13.2 Å². The number of hydrazone groups is 1. The summed E-state index contributed by atoms with van der Waals surface area (Å²) in [5.41, 5.74) is 5.72. The number of nitrogens with zero attached hydrogens (tertiary/aromatic N) is 1. The summed E-state index contributed by atoms with van der Waals surface area (Å²) >= 11 is 11.8. The highest BCUT2D eigenvalue weighted by Gasteiger charge is 2.13. The van der Waals surface area contributed by atoms with Crippen molar-refractivity contribution in [2.45, 2.75) is 13.3 Å². The molecule has 0 saturated heterocycles. The number of nitrogens with one attached hydrogen (secondary N) is 2. The van der Waals surface area contributed by atoms with Crippen LogP contribution in [0.4, 0.5) is 5.69 Å². The summed E-state index contributed by atoms with van der Waals surface area (Å²) < 4.78 is 5.19. The van der Waals surface area contributed by atoms with E-state index in [1.807, 2.05) is 24.3 Å². The van der Waals surface area contributed by atoms with E-state index in [0.29, 0.717) is 27.2 Å². The van der Waals surface area contributed by atoms with E-state index in [9.17, 15) is 9.59 Å². The van der Waals surface area contributed by atoms with Gasteiger partial charge >= 0.3 is 0 Å². The summed E-state index contributed by atoms with van der Waals surface area (Å²) in [6.45, 7) is 1.77. The summed E-state index contributed by atoms with van der Waals surface area (Å²) in [6.07, 6.45) is 0.248. The summed E-state index contributed by atoms with van der Waals surface area (Å²) in [5, 5.41) is 8.05. The van der Waals surface area contributed by atoms with Crippen LogP contribution in [0.1, 0.15) is 28.4 Å². The zero-order valence-electron chi connectivity index (χ0n) is 17.5. The molecule has 0 unspecified atom stereocenters. The molecule has 8 heteroatoms. The van der Waals surface area contributed by atoms with Gasteiger partial charge in [0.05, 0.1) is 24.8 Å². The fourth-order valence-corrected chi connectivity index (χ4v) is 3.20. The van der Waals surface area contributed by atoms with Crippen LogP contribution in [0.25, 0.3) is 0 Å². The van der Waals surface area contributed by atoms with Gasteiger partial charge in [0.25, 0.3) is 5.91 Å². The zero-order valence-corrected chi connectivity index (χ0v) is 19.0. The summed E-state index contributed by atoms with van der Waals surface area (Å²) in [7, 11) is 1.48. The summed E-state index contributed by atoms with van der Waals surface area (Å²) in [5.74, 6) is -0.165. The average molecular weight is 470 g/mol. The number of carbonyl (C=O) groups is 2. The van der Waals surface area contributed by atoms with E-state index in [2.05, 4.69) is 15.8 Å². The molecule has 3 aromatic rings. The van der Waals surface area contributed by atoms with Gasteiger partial charge in [-0.3, -0.25) is 9.59 Å². The van der Waals surface area contributed by atoms with E-state index in [-0.39, 0.29) is 17.9 Å². The number of hydrogen-bond donors (Lipinski definition) is 2. The maximum atomic E-state index is 12.4. The van der Waals surface area contributed by atoms with E-state index in [0.717, 1.165) is 11.1 Å². The number of anilines is 1. The molecule has 3 aromatic carbocycles. The topological polar surface area (TPSA) is 79.8 Å². The van der Waals surface area contributed by atoms with Gasteiger partial charge < -0.3 is 10.1 Å². The molecule has 0 saturated carbocycles. The van der Waals surface area contributed by atoms with Gasteiger partial charge in [0.1, 0.15) is 5.75 Å². The Kier molecular flexibility index (Phi) is 7.87. The number of hydrogen-bond acceptors (Lipinski definition) is 4. The van der Waals surface area contributed by atoms with E-state index in [4.69, 9.17) is 27.9 Å². The van der Waals surface area contributed by atoms with Gasteiger partial charge in [0.2, 0.25) is 5.91 Å². The molecule has 6 nitrogen and oxygen atoms in total. The van der Waals surface area contributed by atoms with Crippen LogP contribution in [0.5, 0.6) is 5.75 Å². The lowest BCUT2D eigenvalue weighted by Gasteiger charge is -2.09. The predicted octanol–water partition coefficient (Wildman–Crippen LogP) is 5.34. The van der Waals surface area contributed by atoms with Crippen molar-refractivity contribution < 1.29 is 14.3 Å². The number of rotatable bonds is 7. The van der Waals surface area contributed by atoms with Gasteiger partial charge in [-0.2, -0.15) is 5.10 Å². The van der Waals surface area contributed by atoms with Crippen molar-refractivity contribution in [3.8, 4) is 5.75 Å². The first-order valence-electron chi connectivity index (χ1n) is 9.68. The Hall–Kier alpha value is -3.35. The van der Waals surface area contributed by atoms with E-state index < -0.39 is 5.91 Å². The minimum atomic E-state index is -0.435. The number of methoxy groups -OCH3 is 1. The molecule has 0 aliphatic rings. The monoisotopic (exact) mass is 469 g/mol. The van der Waals surface area contributed by atoms with Crippen molar-refractivity contribution in [1.29, 1.82) is 0 Å². The zero-order chi connectivity index (χ0) is 23.1. The smallest absolute Gasteiger partial charge is 0.275 e. The third-order valence-corrected chi connectivity index (χ3v) is 5.08. The fraction of sp³-hybridized carbons (Fsp3) is 0.125. The number of benzene rings is 3. The van der Waals surface area contributed by atoms with Crippen molar-refractivity contribution >= 4 is 46.4 Å². The van der Waals surface area contributed by atoms with Crippen molar-refractivity contribution in [3.63, 3.8) is 0 Å². The van der Waals surface area contributed by atoms with Crippen molar-refractivity contribution in [2.24, 2.45) is 5.10 Å². The Balaban J connectivity index is 1.60. The molecule has 0 bridgehead atoms. The van der Waals surface area contributed by atoms with Gasteiger partial charge in [-0.25, -0.2) is 5.43 Å². The molecule has 0 aromatic heterocycles. The molecule has 0 heterocycles. The number of amides is 2. The molecule has 0 spiro atoms.